The Morgan fingerprint density at radius 1 is 1.71 bits per heavy atom. The highest BCUT2D eigenvalue weighted by molar-refractivity contribution is 7.98. The summed E-state index contributed by atoms with van der Waals surface area (Å²) in [6, 6.07) is 3.40. The van der Waals surface area contributed by atoms with E-state index in [2.05, 4.69) is 5.32 Å². The number of furan rings is 1. The van der Waals surface area contributed by atoms with Gasteiger partial charge in [0.2, 0.25) is 5.91 Å². The highest BCUT2D eigenvalue weighted by Gasteiger charge is 2.27. The zero-order chi connectivity index (χ0) is 12.9. The third kappa shape index (κ3) is 4.09. The molecule has 0 aliphatic carbocycles. The third-order valence-corrected chi connectivity index (χ3v) is 3.36. The Kier molecular flexibility index (Phi) is 5.08. The number of hydrogen-bond donors (Lipinski definition) is 2. The van der Waals surface area contributed by atoms with E-state index in [0.29, 0.717) is 5.76 Å². The van der Waals surface area contributed by atoms with Crippen LogP contribution in [-0.2, 0) is 10.4 Å². The maximum absolute atomic E-state index is 11.7. The third-order valence-electron chi connectivity index (χ3n) is 2.52. The number of rotatable bonds is 6. The Morgan fingerprint density at radius 3 is 2.94 bits per heavy atom. The second-order valence-corrected chi connectivity index (χ2v) is 5.24. The molecule has 17 heavy (non-hydrogen) atoms. The molecule has 0 aromatic carbocycles. The fraction of sp³-hybridized carbons (Fsp3) is 0.583. The van der Waals surface area contributed by atoms with Gasteiger partial charge >= 0.3 is 0 Å². The first-order chi connectivity index (χ1) is 7.97. The van der Waals surface area contributed by atoms with Gasteiger partial charge in [-0.1, -0.05) is 6.92 Å². The number of thioether (sulfide) groups is 1. The van der Waals surface area contributed by atoms with Gasteiger partial charge in [0.1, 0.15) is 11.4 Å². The van der Waals surface area contributed by atoms with E-state index in [9.17, 15) is 9.90 Å². The first kappa shape index (κ1) is 14.1. The zero-order valence-electron chi connectivity index (χ0n) is 10.4. The van der Waals surface area contributed by atoms with Gasteiger partial charge in [0.25, 0.3) is 0 Å². The van der Waals surface area contributed by atoms with Gasteiger partial charge in [-0.2, -0.15) is 11.8 Å². The molecular weight excluding hydrogens is 238 g/mol. The second kappa shape index (κ2) is 6.12. The molecule has 0 spiro atoms. The molecule has 2 N–H and O–H groups in total. The lowest BCUT2D eigenvalue weighted by Crippen LogP contribution is -2.40. The van der Waals surface area contributed by atoms with Crippen molar-refractivity contribution in [2.24, 2.45) is 5.92 Å². The molecule has 1 aromatic heterocycles. The fourth-order valence-corrected chi connectivity index (χ4v) is 2.08. The van der Waals surface area contributed by atoms with Crippen molar-refractivity contribution >= 4 is 17.7 Å². The van der Waals surface area contributed by atoms with Gasteiger partial charge in [0.15, 0.2) is 0 Å². The first-order valence-electron chi connectivity index (χ1n) is 5.50. The quantitative estimate of drug-likeness (QED) is 0.812. The summed E-state index contributed by atoms with van der Waals surface area (Å²) in [7, 11) is 0. The number of aliphatic hydroxyl groups is 1. The molecule has 0 aliphatic heterocycles. The summed E-state index contributed by atoms with van der Waals surface area (Å²) < 4.78 is 5.13. The Bertz CT molecular complexity index is 349. The molecule has 2 unspecified atom stereocenters. The van der Waals surface area contributed by atoms with Crippen LogP contribution in [-0.4, -0.2) is 29.6 Å². The van der Waals surface area contributed by atoms with Crippen LogP contribution in [0, 0.1) is 5.92 Å². The minimum Gasteiger partial charge on any atom is -0.466 e. The molecule has 1 rings (SSSR count). The van der Waals surface area contributed by atoms with Crippen LogP contribution in [0.1, 0.15) is 19.6 Å². The molecule has 0 fully saturated rings. The van der Waals surface area contributed by atoms with Crippen molar-refractivity contribution in [3.05, 3.63) is 24.2 Å². The Morgan fingerprint density at radius 2 is 2.41 bits per heavy atom. The molecule has 0 radical (unpaired) electrons. The predicted octanol–water partition coefficient (Wildman–Crippen LogP) is 1.60. The van der Waals surface area contributed by atoms with Crippen molar-refractivity contribution in [1.29, 1.82) is 0 Å². The lowest BCUT2D eigenvalue weighted by Gasteiger charge is -2.22. The minimum absolute atomic E-state index is 0.0498. The lowest BCUT2D eigenvalue weighted by atomic mass is 10.0. The van der Waals surface area contributed by atoms with E-state index in [1.807, 2.05) is 13.2 Å². The summed E-state index contributed by atoms with van der Waals surface area (Å²) in [5, 5.41) is 12.9. The molecule has 0 saturated heterocycles. The van der Waals surface area contributed by atoms with E-state index < -0.39 is 5.60 Å². The largest absolute Gasteiger partial charge is 0.466 e. The van der Waals surface area contributed by atoms with Gasteiger partial charge in [-0.05, 0) is 25.3 Å². The van der Waals surface area contributed by atoms with Crippen LogP contribution < -0.4 is 5.32 Å². The molecule has 5 heteroatoms. The van der Waals surface area contributed by atoms with Crippen molar-refractivity contribution in [2.75, 3.05) is 18.6 Å². The topological polar surface area (TPSA) is 62.5 Å². The van der Waals surface area contributed by atoms with Crippen LogP contribution in [0.25, 0.3) is 0 Å². The molecule has 1 aromatic rings. The molecule has 1 heterocycles. The molecule has 2 atom stereocenters. The number of carbonyl (C=O) groups excluding carboxylic acids is 1. The monoisotopic (exact) mass is 257 g/mol. The maximum atomic E-state index is 11.7. The highest BCUT2D eigenvalue weighted by Crippen LogP contribution is 2.19. The van der Waals surface area contributed by atoms with Crippen molar-refractivity contribution in [2.45, 2.75) is 19.4 Å². The van der Waals surface area contributed by atoms with Gasteiger partial charge in [0, 0.05) is 11.7 Å². The lowest BCUT2D eigenvalue weighted by molar-refractivity contribution is -0.125. The predicted molar refractivity (Wildman–Crippen MR) is 68.8 cm³/mol. The average Bonchev–Trinajstić information content (AvgIpc) is 2.80. The van der Waals surface area contributed by atoms with Crippen molar-refractivity contribution in [3.8, 4) is 0 Å². The number of carbonyl (C=O) groups is 1. The van der Waals surface area contributed by atoms with Crippen LogP contribution in [0.4, 0.5) is 0 Å². The molecule has 1 amide bonds. The molecule has 96 valence electrons. The molecular formula is C12H19NO3S. The zero-order valence-corrected chi connectivity index (χ0v) is 11.2. The Labute approximate surface area is 106 Å². The summed E-state index contributed by atoms with van der Waals surface area (Å²) in [4.78, 5) is 11.7. The fourth-order valence-electron chi connectivity index (χ4n) is 1.43. The summed E-state index contributed by atoms with van der Waals surface area (Å²) in [6.07, 6.45) is 3.46. The standard InChI is InChI=1S/C12H19NO3S/c1-9(7-17-3)11(14)13-8-12(2,15)10-5-4-6-16-10/h4-6,9,15H,7-8H2,1-3H3,(H,13,14). The minimum atomic E-state index is -1.17. The van der Waals surface area contributed by atoms with Gasteiger partial charge in [-0.3, -0.25) is 4.79 Å². The van der Waals surface area contributed by atoms with Gasteiger partial charge in [-0.15, -0.1) is 0 Å². The summed E-state index contributed by atoms with van der Waals surface area (Å²) >= 11 is 1.63. The average molecular weight is 257 g/mol. The van der Waals surface area contributed by atoms with Gasteiger partial charge in [0.05, 0.1) is 12.8 Å². The summed E-state index contributed by atoms with van der Waals surface area (Å²) in [5.74, 6) is 1.12. The van der Waals surface area contributed by atoms with Crippen molar-refractivity contribution in [3.63, 3.8) is 0 Å². The molecule has 0 aliphatic rings. The van der Waals surface area contributed by atoms with Gasteiger partial charge in [-0.25, -0.2) is 0 Å². The number of hydrogen-bond acceptors (Lipinski definition) is 4. The van der Waals surface area contributed by atoms with Crippen LogP contribution in [0.5, 0.6) is 0 Å². The highest BCUT2D eigenvalue weighted by atomic mass is 32.2. The maximum Gasteiger partial charge on any atom is 0.223 e. The second-order valence-electron chi connectivity index (χ2n) is 4.33. The summed E-state index contributed by atoms with van der Waals surface area (Å²) in [5.41, 5.74) is -1.17. The summed E-state index contributed by atoms with van der Waals surface area (Å²) in [6.45, 7) is 3.64. The van der Waals surface area contributed by atoms with E-state index in [1.54, 1.807) is 30.8 Å². The van der Waals surface area contributed by atoms with Gasteiger partial charge < -0.3 is 14.8 Å². The molecule has 0 saturated carbocycles. The van der Waals surface area contributed by atoms with E-state index >= 15 is 0 Å². The number of nitrogens with one attached hydrogen (secondary N) is 1. The van der Waals surface area contributed by atoms with Crippen LogP contribution in [0.15, 0.2) is 22.8 Å². The SMILES string of the molecule is CSCC(C)C(=O)NCC(C)(O)c1ccco1. The van der Waals surface area contributed by atoms with Crippen molar-refractivity contribution in [1.82, 2.24) is 5.32 Å². The first-order valence-corrected chi connectivity index (χ1v) is 6.90. The Hall–Kier alpha value is -0.940. The van der Waals surface area contributed by atoms with Crippen LogP contribution >= 0.6 is 11.8 Å². The van der Waals surface area contributed by atoms with Crippen LogP contribution in [0.3, 0.4) is 0 Å². The molecule has 0 bridgehead atoms. The van der Waals surface area contributed by atoms with E-state index in [-0.39, 0.29) is 18.4 Å². The smallest absolute Gasteiger partial charge is 0.223 e. The van der Waals surface area contributed by atoms with E-state index in [4.69, 9.17) is 4.42 Å². The normalized spacial score (nSPS) is 16.2. The van der Waals surface area contributed by atoms with E-state index in [0.717, 1.165) is 5.75 Å². The Balaban J connectivity index is 2.47. The van der Waals surface area contributed by atoms with Crippen LogP contribution in [0.2, 0.25) is 0 Å². The molecule has 4 nitrogen and oxygen atoms in total. The van der Waals surface area contributed by atoms with E-state index in [1.165, 1.54) is 6.26 Å². The number of amides is 1. The van der Waals surface area contributed by atoms with Crippen molar-refractivity contribution < 1.29 is 14.3 Å².